The van der Waals surface area contributed by atoms with Gasteiger partial charge < -0.3 is 5.11 Å². The predicted molar refractivity (Wildman–Crippen MR) is 116 cm³/mol. The summed E-state index contributed by atoms with van der Waals surface area (Å²) in [6, 6.07) is 10.6. The quantitative estimate of drug-likeness (QED) is 0.380. The number of para-hydroxylation sites is 1. The van der Waals surface area contributed by atoms with Crippen LogP contribution in [0.25, 0.3) is 27.3 Å². The van der Waals surface area contributed by atoms with Crippen molar-refractivity contribution in [2.45, 2.75) is 19.4 Å². The Bertz CT molecular complexity index is 1370. The molecule has 4 rings (SSSR count). The summed E-state index contributed by atoms with van der Waals surface area (Å²) >= 11 is 1.13. The summed E-state index contributed by atoms with van der Waals surface area (Å²) in [7, 11) is 0. The summed E-state index contributed by atoms with van der Waals surface area (Å²) in [4.78, 5) is 13.3. The van der Waals surface area contributed by atoms with E-state index in [9.17, 15) is 27.5 Å². The number of pyridine rings is 1. The summed E-state index contributed by atoms with van der Waals surface area (Å²) in [5, 5.41) is 10.5. The van der Waals surface area contributed by atoms with Crippen LogP contribution in [0.15, 0.2) is 65.6 Å². The van der Waals surface area contributed by atoms with Crippen molar-refractivity contribution in [1.29, 1.82) is 0 Å². The van der Waals surface area contributed by atoms with Crippen molar-refractivity contribution in [2.75, 3.05) is 0 Å². The summed E-state index contributed by atoms with van der Waals surface area (Å²) in [5.74, 6) is -3.39. The van der Waals surface area contributed by atoms with Crippen LogP contribution in [-0.2, 0) is 5.60 Å². The summed E-state index contributed by atoms with van der Waals surface area (Å²) in [5.41, 5.74) is -1.65. The van der Waals surface area contributed by atoms with Gasteiger partial charge in [-0.2, -0.15) is 0 Å². The van der Waals surface area contributed by atoms with E-state index in [1.165, 1.54) is 24.4 Å². The lowest BCUT2D eigenvalue weighted by atomic mass is 10.00. The molecule has 2 heterocycles. The number of hydrogen-bond acceptors (Lipinski definition) is 3. The van der Waals surface area contributed by atoms with Gasteiger partial charge in [-0.3, -0.25) is 9.36 Å². The monoisotopic (exact) mass is 459 g/mol. The molecule has 0 aliphatic carbocycles. The van der Waals surface area contributed by atoms with Gasteiger partial charge in [-0.05, 0) is 50.2 Å². The second kappa shape index (κ2) is 8.03. The minimum absolute atomic E-state index is 0.0861. The Morgan fingerprint density at radius 3 is 2.19 bits per heavy atom. The second-order valence-electron chi connectivity index (χ2n) is 7.73. The molecule has 32 heavy (non-hydrogen) atoms. The van der Waals surface area contributed by atoms with Gasteiger partial charge in [0.1, 0.15) is 29.0 Å². The number of rotatable bonds is 4. The minimum Gasteiger partial charge on any atom is -0.385 e. The first-order valence-electron chi connectivity index (χ1n) is 9.56. The van der Waals surface area contributed by atoms with Gasteiger partial charge in [0, 0.05) is 44.8 Å². The zero-order chi connectivity index (χ0) is 23.2. The number of aromatic nitrogens is 1. The molecule has 0 fully saturated rings. The Hall–Kier alpha value is -3.23. The van der Waals surface area contributed by atoms with Crippen LogP contribution >= 0.6 is 11.3 Å². The highest BCUT2D eigenvalue weighted by atomic mass is 32.1. The van der Waals surface area contributed by atoms with Gasteiger partial charge >= 0.3 is 0 Å². The molecule has 3 nitrogen and oxygen atoms in total. The molecular formula is C24H17F4NO2S. The van der Waals surface area contributed by atoms with Crippen molar-refractivity contribution in [3.05, 3.63) is 99.3 Å². The number of halogens is 4. The smallest absolute Gasteiger partial charge is 0.255 e. The Morgan fingerprint density at radius 1 is 0.875 bits per heavy atom. The van der Waals surface area contributed by atoms with Gasteiger partial charge in [0.05, 0.1) is 5.60 Å². The van der Waals surface area contributed by atoms with Gasteiger partial charge in [0.2, 0.25) is 0 Å². The molecule has 0 aliphatic rings. The first-order valence-corrected chi connectivity index (χ1v) is 10.4. The minimum atomic E-state index is -1.26. The average molecular weight is 459 g/mol. The van der Waals surface area contributed by atoms with Crippen LogP contribution in [0.1, 0.15) is 18.7 Å². The van der Waals surface area contributed by atoms with Crippen LogP contribution < -0.4 is 5.56 Å². The fraction of sp³-hybridized carbons (Fsp3) is 0.125. The largest absolute Gasteiger partial charge is 0.385 e. The fourth-order valence-electron chi connectivity index (χ4n) is 3.33. The molecule has 0 saturated carbocycles. The lowest BCUT2D eigenvalue weighted by molar-refractivity contribution is 0.0826. The highest BCUT2D eigenvalue weighted by Crippen LogP contribution is 2.43. The van der Waals surface area contributed by atoms with E-state index < -0.39 is 40.1 Å². The molecule has 0 atom stereocenters. The van der Waals surface area contributed by atoms with Gasteiger partial charge in [0.15, 0.2) is 0 Å². The Kier molecular flexibility index (Phi) is 5.52. The van der Waals surface area contributed by atoms with E-state index >= 15 is 0 Å². The molecule has 0 saturated heterocycles. The zero-order valence-electron chi connectivity index (χ0n) is 17.0. The van der Waals surface area contributed by atoms with Crippen molar-refractivity contribution in [3.8, 4) is 27.3 Å². The maximum atomic E-state index is 14.6. The van der Waals surface area contributed by atoms with Gasteiger partial charge in [-0.15, -0.1) is 11.3 Å². The predicted octanol–water partition coefficient (Wildman–Crippen LogP) is 6.02. The number of thiophene rings is 1. The van der Waals surface area contributed by atoms with Crippen molar-refractivity contribution >= 4 is 11.3 Å². The van der Waals surface area contributed by atoms with Crippen LogP contribution in [-0.4, -0.2) is 9.67 Å². The molecule has 1 N–H and O–H groups in total. The lowest BCUT2D eigenvalue weighted by Crippen LogP contribution is -2.19. The Morgan fingerprint density at radius 2 is 1.56 bits per heavy atom. The molecule has 2 aromatic heterocycles. The molecule has 4 aromatic rings. The van der Waals surface area contributed by atoms with E-state index in [1.54, 1.807) is 19.9 Å². The van der Waals surface area contributed by atoms with E-state index in [0.717, 1.165) is 46.2 Å². The first kappa shape index (κ1) is 22.0. The molecule has 0 bridgehead atoms. The third-order valence-electron chi connectivity index (χ3n) is 4.91. The van der Waals surface area contributed by atoms with Crippen LogP contribution in [0.3, 0.4) is 0 Å². The number of nitrogens with zero attached hydrogens (tertiary/aromatic N) is 1. The standard InChI is InChI=1S/C24H17F4NO2S/c1-24(2,31)20-11-16(15-8-7-14(25)10-19(15)28)23(32-20)13-6-9-21(30)29(12-13)22-17(26)4-3-5-18(22)27/h3-12,31H,1-2H3. The molecule has 0 radical (unpaired) electrons. The molecule has 0 aliphatic heterocycles. The fourth-order valence-corrected chi connectivity index (χ4v) is 4.49. The molecule has 8 heteroatoms. The van der Waals surface area contributed by atoms with Gasteiger partial charge in [-0.25, -0.2) is 17.6 Å². The molecule has 2 aromatic carbocycles. The van der Waals surface area contributed by atoms with Crippen molar-refractivity contribution in [1.82, 2.24) is 4.57 Å². The third kappa shape index (κ3) is 3.99. The van der Waals surface area contributed by atoms with Crippen molar-refractivity contribution < 1.29 is 22.7 Å². The van der Waals surface area contributed by atoms with Gasteiger partial charge in [0.25, 0.3) is 5.56 Å². The first-order chi connectivity index (χ1) is 15.1. The van der Waals surface area contributed by atoms with E-state index in [4.69, 9.17) is 0 Å². The summed E-state index contributed by atoms with van der Waals surface area (Å²) in [6.45, 7) is 3.12. The Labute approximate surface area is 184 Å². The van der Waals surface area contributed by atoms with Gasteiger partial charge in [-0.1, -0.05) is 6.07 Å². The molecule has 0 amide bonds. The van der Waals surface area contributed by atoms with E-state index in [2.05, 4.69) is 0 Å². The number of benzene rings is 2. The SMILES string of the molecule is CC(C)(O)c1cc(-c2ccc(F)cc2F)c(-c2ccc(=O)n(-c3c(F)cccc3F)c2)s1. The molecule has 0 spiro atoms. The normalized spacial score (nSPS) is 11.7. The summed E-state index contributed by atoms with van der Waals surface area (Å²) < 4.78 is 57.6. The lowest BCUT2D eigenvalue weighted by Gasteiger charge is -2.14. The zero-order valence-corrected chi connectivity index (χ0v) is 17.8. The van der Waals surface area contributed by atoms with Crippen LogP contribution in [0.2, 0.25) is 0 Å². The highest BCUT2D eigenvalue weighted by Gasteiger charge is 2.25. The van der Waals surface area contributed by atoms with E-state index in [-0.39, 0.29) is 5.56 Å². The average Bonchev–Trinajstić information content (AvgIpc) is 3.15. The molecular weight excluding hydrogens is 442 g/mol. The van der Waals surface area contributed by atoms with Crippen LogP contribution in [0.4, 0.5) is 17.6 Å². The van der Waals surface area contributed by atoms with Crippen molar-refractivity contribution in [3.63, 3.8) is 0 Å². The van der Waals surface area contributed by atoms with Crippen molar-refractivity contribution in [2.24, 2.45) is 0 Å². The Balaban J connectivity index is 1.98. The van der Waals surface area contributed by atoms with Crippen LogP contribution in [0.5, 0.6) is 0 Å². The highest BCUT2D eigenvalue weighted by molar-refractivity contribution is 7.16. The second-order valence-corrected chi connectivity index (χ2v) is 8.79. The molecule has 164 valence electrons. The maximum absolute atomic E-state index is 14.6. The van der Waals surface area contributed by atoms with E-state index in [1.807, 2.05) is 0 Å². The number of hydrogen-bond donors (Lipinski definition) is 1. The topological polar surface area (TPSA) is 42.2 Å². The van der Waals surface area contributed by atoms with Crippen LogP contribution in [0, 0.1) is 23.3 Å². The van der Waals surface area contributed by atoms with E-state index in [0.29, 0.717) is 20.9 Å². The number of aliphatic hydroxyl groups is 1. The maximum Gasteiger partial charge on any atom is 0.255 e. The molecule has 0 unspecified atom stereocenters. The third-order valence-corrected chi connectivity index (χ3v) is 6.41. The summed E-state index contributed by atoms with van der Waals surface area (Å²) in [6.07, 6.45) is 1.26.